The van der Waals surface area contributed by atoms with Crippen molar-refractivity contribution in [3.05, 3.63) is 35.5 Å². The van der Waals surface area contributed by atoms with Crippen molar-refractivity contribution in [1.29, 1.82) is 0 Å². The Labute approximate surface area is 169 Å². The number of aryl methyl sites for hydroxylation is 3. The summed E-state index contributed by atoms with van der Waals surface area (Å²) in [7, 11) is 1.87. The van der Waals surface area contributed by atoms with Crippen molar-refractivity contribution in [2.75, 3.05) is 42.6 Å². The summed E-state index contributed by atoms with van der Waals surface area (Å²) < 4.78 is 7.05. The first-order valence-corrected chi connectivity index (χ1v) is 9.78. The maximum Gasteiger partial charge on any atom is 0.341 e. The van der Waals surface area contributed by atoms with Crippen molar-refractivity contribution in [2.24, 2.45) is 7.05 Å². The van der Waals surface area contributed by atoms with Gasteiger partial charge in [-0.2, -0.15) is 5.10 Å². The second-order valence-electron chi connectivity index (χ2n) is 7.08. The van der Waals surface area contributed by atoms with E-state index in [4.69, 9.17) is 4.74 Å². The van der Waals surface area contributed by atoms with Crippen LogP contribution in [0.25, 0.3) is 11.0 Å². The van der Waals surface area contributed by atoms with Gasteiger partial charge in [0, 0.05) is 45.6 Å². The normalized spacial score (nSPS) is 14.5. The molecule has 1 fully saturated rings. The number of esters is 1. The van der Waals surface area contributed by atoms with Gasteiger partial charge in [-0.05, 0) is 26.8 Å². The topological polar surface area (TPSA) is 89.3 Å². The minimum atomic E-state index is -0.353. The number of hydrogen-bond donors (Lipinski definition) is 0. The Balaban J connectivity index is 1.69. The average molecular weight is 395 g/mol. The number of piperazine rings is 1. The van der Waals surface area contributed by atoms with Crippen molar-refractivity contribution in [3.63, 3.8) is 0 Å². The fourth-order valence-electron chi connectivity index (χ4n) is 3.86. The molecular weight excluding hydrogens is 370 g/mol. The first kappa shape index (κ1) is 19.1. The summed E-state index contributed by atoms with van der Waals surface area (Å²) in [4.78, 5) is 30.3. The molecule has 0 aromatic carbocycles. The smallest absolute Gasteiger partial charge is 0.341 e. The Morgan fingerprint density at radius 3 is 2.55 bits per heavy atom. The first-order chi connectivity index (χ1) is 14.0. The van der Waals surface area contributed by atoms with Crippen LogP contribution in [-0.4, -0.2) is 63.5 Å². The average Bonchev–Trinajstić information content (AvgIpc) is 3.01. The van der Waals surface area contributed by atoms with E-state index in [0.717, 1.165) is 60.2 Å². The standard InChI is InChI=1S/C20H25N7O2/c1-5-29-20(28)15-12-22-19-17(13(2)24-25(19)4)18(15)27-10-8-26(9-11-27)16-6-7-21-14(3)23-16/h6-7,12H,5,8-11H2,1-4H3. The highest BCUT2D eigenvalue weighted by molar-refractivity contribution is 6.05. The molecule has 0 unspecified atom stereocenters. The Morgan fingerprint density at radius 1 is 1.14 bits per heavy atom. The van der Waals surface area contributed by atoms with E-state index in [1.165, 1.54) is 0 Å². The monoisotopic (exact) mass is 395 g/mol. The van der Waals surface area contributed by atoms with Crippen molar-refractivity contribution < 1.29 is 9.53 Å². The molecule has 3 aromatic rings. The molecule has 0 bridgehead atoms. The second kappa shape index (κ2) is 7.65. The zero-order valence-corrected chi connectivity index (χ0v) is 17.2. The molecule has 0 radical (unpaired) electrons. The minimum absolute atomic E-state index is 0.323. The van der Waals surface area contributed by atoms with Gasteiger partial charge >= 0.3 is 5.97 Å². The third-order valence-corrected chi connectivity index (χ3v) is 5.18. The van der Waals surface area contributed by atoms with E-state index >= 15 is 0 Å². The molecule has 4 heterocycles. The van der Waals surface area contributed by atoms with E-state index in [-0.39, 0.29) is 5.97 Å². The highest BCUT2D eigenvalue weighted by Gasteiger charge is 2.27. The quantitative estimate of drug-likeness (QED) is 0.619. The number of carbonyl (C=O) groups is 1. The number of pyridine rings is 1. The summed E-state index contributed by atoms with van der Waals surface area (Å²) in [5.41, 5.74) is 2.96. The zero-order chi connectivity index (χ0) is 20.5. The lowest BCUT2D eigenvalue weighted by Crippen LogP contribution is -2.47. The molecule has 152 valence electrons. The van der Waals surface area contributed by atoms with Crippen LogP contribution in [0.4, 0.5) is 11.5 Å². The molecule has 3 aromatic heterocycles. The maximum absolute atomic E-state index is 12.6. The molecule has 0 spiro atoms. The minimum Gasteiger partial charge on any atom is -0.462 e. The third kappa shape index (κ3) is 3.48. The molecule has 1 saturated heterocycles. The maximum atomic E-state index is 12.6. The zero-order valence-electron chi connectivity index (χ0n) is 17.2. The largest absolute Gasteiger partial charge is 0.462 e. The molecule has 1 aliphatic rings. The number of nitrogens with zero attached hydrogens (tertiary/aromatic N) is 7. The molecule has 9 heteroatoms. The van der Waals surface area contributed by atoms with Crippen molar-refractivity contribution >= 4 is 28.5 Å². The molecule has 4 rings (SSSR count). The SMILES string of the molecule is CCOC(=O)c1cnc2c(c(C)nn2C)c1N1CCN(c2ccnc(C)n2)CC1. The number of rotatable bonds is 4. The highest BCUT2D eigenvalue weighted by atomic mass is 16.5. The summed E-state index contributed by atoms with van der Waals surface area (Å²) in [6.45, 7) is 9.06. The Bertz CT molecular complexity index is 1050. The molecule has 0 aliphatic carbocycles. The lowest BCUT2D eigenvalue weighted by Gasteiger charge is -2.37. The summed E-state index contributed by atoms with van der Waals surface area (Å²) in [5.74, 6) is 1.34. The molecular formula is C20H25N7O2. The van der Waals surface area contributed by atoms with Crippen molar-refractivity contribution in [1.82, 2.24) is 24.7 Å². The van der Waals surface area contributed by atoms with Crippen LogP contribution in [0.5, 0.6) is 0 Å². The van der Waals surface area contributed by atoms with Crippen LogP contribution < -0.4 is 9.80 Å². The number of anilines is 2. The molecule has 0 atom stereocenters. The highest BCUT2D eigenvalue weighted by Crippen LogP contribution is 2.33. The van der Waals surface area contributed by atoms with E-state index in [1.807, 2.05) is 27.0 Å². The fourth-order valence-corrected chi connectivity index (χ4v) is 3.86. The lowest BCUT2D eigenvalue weighted by molar-refractivity contribution is 0.0527. The Kier molecular flexibility index (Phi) is 5.04. The number of carbonyl (C=O) groups excluding carboxylic acids is 1. The molecule has 0 N–H and O–H groups in total. The number of hydrogen-bond acceptors (Lipinski definition) is 8. The van der Waals surface area contributed by atoms with Crippen LogP contribution in [0.15, 0.2) is 18.5 Å². The molecule has 0 amide bonds. The number of aromatic nitrogens is 5. The third-order valence-electron chi connectivity index (χ3n) is 5.18. The molecule has 29 heavy (non-hydrogen) atoms. The van der Waals surface area contributed by atoms with E-state index in [2.05, 4.69) is 29.9 Å². The lowest BCUT2D eigenvalue weighted by atomic mass is 10.1. The van der Waals surface area contributed by atoms with Crippen molar-refractivity contribution in [3.8, 4) is 0 Å². The van der Waals surface area contributed by atoms with Crippen LogP contribution in [-0.2, 0) is 11.8 Å². The van der Waals surface area contributed by atoms with Crippen LogP contribution in [0.2, 0.25) is 0 Å². The molecule has 1 aliphatic heterocycles. The van der Waals surface area contributed by atoms with Crippen molar-refractivity contribution in [2.45, 2.75) is 20.8 Å². The first-order valence-electron chi connectivity index (χ1n) is 9.78. The van der Waals surface area contributed by atoms with Gasteiger partial charge in [0.05, 0.1) is 23.4 Å². The predicted molar refractivity (Wildman–Crippen MR) is 110 cm³/mol. The Hall–Kier alpha value is -3.23. The van der Waals surface area contributed by atoms with E-state index in [1.54, 1.807) is 24.0 Å². The van der Waals surface area contributed by atoms with Gasteiger partial charge in [-0.25, -0.2) is 19.7 Å². The van der Waals surface area contributed by atoms with Gasteiger partial charge in [-0.15, -0.1) is 0 Å². The van der Waals surface area contributed by atoms with Crippen LogP contribution in [0, 0.1) is 13.8 Å². The molecule has 9 nitrogen and oxygen atoms in total. The fraction of sp³-hybridized carbons (Fsp3) is 0.450. The summed E-state index contributed by atoms with van der Waals surface area (Å²) in [5, 5.41) is 5.42. The van der Waals surface area contributed by atoms with Gasteiger partial charge in [0.2, 0.25) is 0 Å². The predicted octanol–water partition coefficient (Wildman–Crippen LogP) is 1.88. The summed E-state index contributed by atoms with van der Waals surface area (Å²) in [6.07, 6.45) is 3.39. The van der Waals surface area contributed by atoms with Crippen LogP contribution >= 0.6 is 0 Å². The van der Waals surface area contributed by atoms with Gasteiger partial charge in [0.25, 0.3) is 0 Å². The van der Waals surface area contributed by atoms with Crippen LogP contribution in [0.1, 0.15) is 28.8 Å². The van der Waals surface area contributed by atoms with Gasteiger partial charge in [0.1, 0.15) is 17.2 Å². The summed E-state index contributed by atoms with van der Waals surface area (Å²) >= 11 is 0. The summed E-state index contributed by atoms with van der Waals surface area (Å²) in [6, 6.07) is 1.93. The van der Waals surface area contributed by atoms with Crippen LogP contribution in [0.3, 0.4) is 0 Å². The van der Waals surface area contributed by atoms with E-state index in [9.17, 15) is 4.79 Å². The van der Waals surface area contributed by atoms with Gasteiger partial charge in [-0.1, -0.05) is 0 Å². The number of ether oxygens (including phenoxy) is 1. The number of fused-ring (bicyclic) bond motifs is 1. The van der Waals surface area contributed by atoms with Gasteiger partial charge < -0.3 is 14.5 Å². The van der Waals surface area contributed by atoms with E-state index < -0.39 is 0 Å². The van der Waals surface area contributed by atoms with Gasteiger partial charge in [-0.3, -0.25) is 4.68 Å². The Morgan fingerprint density at radius 2 is 1.86 bits per heavy atom. The molecule has 0 saturated carbocycles. The second-order valence-corrected chi connectivity index (χ2v) is 7.08. The van der Waals surface area contributed by atoms with Gasteiger partial charge in [0.15, 0.2) is 5.65 Å². The van der Waals surface area contributed by atoms with E-state index in [0.29, 0.717) is 12.2 Å².